The van der Waals surface area contributed by atoms with Crippen LogP contribution in [0.4, 0.5) is 0 Å². The van der Waals surface area contributed by atoms with Crippen molar-refractivity contribution in [3.63, 3.8) is 0 Å². The minimum absolute atomic E-state index is 0.202. The first kappa shape index (κ1) is 21.1. The highest BCUT2D eigenvalue weighted by Crippen LogP contribution is 2.23. The number of rotatable bonds is 7. The molecule has 0 atom stereocenters. The monoisotopic (exact) mass is 425 g/mol. The fraction of sp³-hybridized carbons (Fsp3) is 0.143. The Morgan fingerprint density at radius 2 is 1.93 bits per heavy atom. The summed E-state index contributed by atoms with van der Waals surface area (Å²) in [5, 5.41) is 10.7. The fourth-order valence-electron chi connectivity index (χ4n) is 2.37. The highest BCUT2D eigenvalue weighted by molar-refractivity contribution is 8.18. The van der Waals surface area contributed by atoms with E-state index in [1.165, 1.54) is 7.11 Å². The summed E-state index contributed by atoms with van der Waals surface area (Å²) >= 11 is 1.01. The van der Waals surface area contributed by atoms with Gasteiger partial charge in [-0.15, -0.1) is 5.10 Å². The summed E-state index contributed by atoms with van der Waals surface area (Å²) in [7, 11) is 2.87. The highest BCUT2D eigenvalue weighted by atomic mass is 32.2. The second-order valence-corrected chi connectivity index (χ2v) is 6.98. The van der Waals surface area contributed by atoms with E-state index >= 15 is 0 Å². The van der Waals surface area contributed by atoms with Crippen molar-refractivity contribution in [1.82, 2.24) is 5.32 Å². The van der Waals surface area contributed by atoms with Gasteiger partial charge < -0.3 is 14.2 Å². The third kappa shape index (κ3) is 5.95. The first-order valence-corrected chi connectivity index (χ1v) is 9.64. The zero-order chi connectivity index (χ0) is 21.3. The van der Waals surface area contributed by atoms with Gasteiger partial charge >= 0.3 is 5.97 Å². The molecule has 154 valence electrons. The second-order valence-electron chi connectivity index (χ2n) is 5.95. The number of amidine groups is 1. The van der Waals surface area contributed by atoms with Gasteiger partial charge in [-0.2, -0.15) is 5.10 Å². The zero-order valence-corrected chi connectivity index (χ0v) is 17.1. The van der Waals surface area contributed by atoms with Crippen molar-refractivity contribution < 1.29 is 23.8 Å². The summed E-state index contributed by atoms with van der Waals surface area (Å²) in [4.78, 5) is 23.2. The number of esters is 1. The molecular formula is C21H19N3O5S. The number of hydrogen-bond acceptors (Lipinski definition) is 8. The summed E-state index contributed by atoms with van der Waals surface area (Å²) in [5.74, 6) is 0.481. The molecule has 0 aliphatic carbocycles. The van der Waals surface area contributed by atoms with Crippen molar-refractivity contribution in [2.45, 2.75) is 6.61 Å². The number of ether oxygens (including phenoxy) is 3. The molecule has 2 aromatic rings. The molecule has 3 rings (SSSR count). The van der Waals surface area contributed by atoms with E-state index in [4.69, 9.17) is 9.47 Å². The maximum Gasteiger partial charge on any atom is 0.331 e. The number of carbonyl (C=O) groups excluding carboxylic acids is 2. The fourth-order valence-corrected chi connectivity index (χ4v) is 3.11. The lowest BCUT2D eigenvalue weighted by Crippen LogP contribution is -2.19. The number of carbonyl (C=O) groups is 2. The summed E-state index contributed by atoms with van der Waals surface area (Å²) in [6.07, 6.45) is 2.66. The first-order chi connectivity index (χ1) is 14.6. The molecule has 1 heterocycles. The van der Waals surface area contributed by atoms with E-state index in [1.54, 1.807) is 13.3 Å². The van der Waals surface area contributed by atoms with E-state index in [2.05, 4.69) is 20.3 Å². The quantitative estimate of drug-likeness (QED) is 0.317. The average Bonchev–Trinajstić information content (AvgIpc) is 3.12. The Balaban J connectivity index is 1.54. The minimum atomic E-state index is -0.605. The van der Waals surface area contributed by atoms with Crippen molar-refractivity contribution in [3.8, 4) is 11.5 Å². The van der Waals surface area contributed by atoms with Crippen LogP contribution < -0.4 is 14.8 Å². The van der Waals surface area contributed by atoms with Crippen molar-refractivity contribution in [1.29, 1.82) is 0 Å². The molecule has 30 heavy (non-hydrogen) atoms. The molecule has 0 bridgehead atoms. The van der Waals surface area contributed by atoms with Gasteiger partial charge in [0.05, 0.1) is 25.3 Å². The van der Waals surface area contributed by atoms with Gasteiger partial charge in [-0.3, -0.25) is 10.1 Å². The van der Waals surface area contributed by atoms with E-state index in [0.29, 0.717) is 6.61 Å². The zero-order valence-electron chi connectivity index (χ0n) is 16.3. The van der Waals surface area contributed by atoms with E-state index in [0.717, 1.165) is 40.5 Å². The Morgan fingerprint density at radius 1 is 1.13 bits per heavy atom. The smallest absolute Gasteiger partial charge is 0.331 e. The summed E-state index contributed by atoms with van der Waals surface area (Å²) in [5.41, 5.74) is 1.82. The van der Waals surface area contributed by atoms with Gasteiger partial charge in [-0.05, 0) is 59.3 Å². The number of thioether (sulfide) groups is 1. The predicted molar refractivity (Wildman–Crippen MR) is 115 cm³/mol. The van der Waals surface area contributed by atoms with E-state index in [9.17, 15) is 9.59 Å². The standard InChI is InChI=1S/C21H19N3O5S/c1-27-17-5-3-4-15(10-17)13-29-16-8-6-14(7-9-16)12-22-24-21-23-20(26)18(30-21)11-19(25)28-2/h3-12H,13H2,1-2H3,(H,23,24,26)/b18-11+,22-12?. The number of benzene rings is 2. The van der Waals surface area contributed by atoms with E-state index in [1.807, 2.05) is 48.5 Å². The Morgan fingerprint density at radius 3 is 2.67 bits per heavy atom. The SMILES string of the molecule is COC(=O)/C=C1/S/C(=N\N=Cc2ccc(OCc3cccc(OC)c3)cc2)NC1=O. The van der Waals surface area contributed by atoms with E-state index in [-0.39, 0.29) is 10.1 Å². The van der Waals surface area contributed by atoms with Crippen molar-refractivity contribution >= 4 is 35.0 Å². The molecule has 1 N–H and O–H groups in total. The molecule has 2 aromatic carbocycles. The molecule has 0 aromatic heterocycles. The molecule has 1 aliphatic heterocycles. The molecule has 1 aliphatic rings. The van der Waals surface area contributed by atoms with Gasteiger partial charge in [-0.25, -0.2) is 4.79 Å². The summed E-state index contributed by atoms with van der Waals surface area (Å²) in [6, 6.07) is 15.0. The molecule has 0 unspecified atom stereocenters. The van der Waals surface area contributed by atoms with Gasteiger partial charge in [-0.1, -0.05) is 12.1 Å². The Bertz CT molecular complexity index is 1020. The van der Waals surface area contributed by atoms with Crippen LogP contribution in [0.1, 0.15) is 11.1 Å². The largest absolute Gasteiger partial charge is 0.497 e. The minimum Gasteiger partial charge on any atom is -0.497 e. The lowest BCUT2D eigenvalue weighted by atomic mass is 10.2. The molecular weight excluding hydrogens is 406 g/mol. The molecule has 1 amide bonds. The lowest BCUT2D eigenvalue weighted by molar-refractivity contribution is -0.135. The highest BCUT2D eigenvalue weighted by Gasteiger charge is 2.24. The van der Waals surface area contributed by atoms with Crippen LogP contribution in [0.2, 0.25) is 0 Å². The number of methoxy groups -OCH3 is 2. The second kappa shape index (κ2) is 10.3. The number of nitrogens with one attached hydrogen (secondary N) is 1. The predicted octanol–water partition coefficient (Wildman–Crippen LogP) is 2.88. The lowest BCUT2D eigenvalue weighted by Gasteiger charge is -2.07. The van der Waals surface area contributed by atoms with Crippen molar-refractivity contribution in [2.24, 2.45) is 10.2 Å². The van der Waals surface area contributed by atoms with Crippen molar-refractivity contribution in [2.75, 3.05) is 14.2 Å². The number of amides is 1. The first-order valence-electron chi connectivity index (χ1n) is 8.83. The summed E-state index contributed by atoms with van der Waals surface area (Å²) in [6.45, 7) is 0.427. The van der Waals surface area contributed by atoms with Crippen LogP contribution in [0, 0.1) is 0 Å². The maximum atomic E-state index is 11.7. The number of hydrogen-bond donors (Lipinski definition) is 1. The molecule has 0 radical (unpaired) electrons. The Kier molecular flexibility index (Phi) is 7.23. The van der Waals surface area contributed by atoms with Gasteiger partial charge in [0.2, 0.25) is 0 Å². The number of nitrogens with zero attached hydrogens (tertiary/aromatic N) is 2. The maximum absolute atomic E-state index is 11.7. The van der Waals surface area contributed by atoms with Gasteiger partial charge in [0.1, 0.15) is 18.1 Å². The summed E-state index contributed by atoms with van der Waals surface area (Å²) < 4.78 is 15.5. The molecule has 0 spiro atoms. The van der Waals surface area contributed by atoms with E-state index < -0.39 is 11.9 Å². The van der Waals surface area contributed by atoms with Crippen LogP contribution in [-0.2, 0) is 20.9 Å². The third-order valence-corrected chi connectivity index (χ3v) is 4.78. The Hall–Kier alpha value is -3.59. The van der Waals surface area contributed by atoms with Crippen molar-refractivity contribution in [3.05, 3.63) is 70.6 Å². The molecule has 8 nitrogen and oxygen atoms in total. The van der Waals surface area contributed by atoms with Crippen LogP contribution in [0.5, 0.6) is 11.5 Å². The molecule has 9 heteroatoms. The van der Waals surface area contributed by atoms with Crippen LogP contribution in [0.25, 0.3) is 0 Å². The van der Waals surface area contributed by atoms with Crippen LogP contribution in [0.3, 0.4) is 0 Å². The van der Waals surface area contributed by atoms with Crippen LogP contribution in [0.15, 0.2) is 69.7 Å². The Labute approximate surface area is 177 Å². The average molecular weight is 425 g/mol. The molecule has 0 saturated carbocycles. The van der Waals surface area contributed by atoms with Crippen LogP contribution >= 0.6 is 11.8 Å². The third-order valence-electron chi connectivity index (χ3n) is 3.88. The van der Waals surface area contributed by atoms with Gasteiger partial charge in [0.25, 0.3) is 5.91 Å². The topological polar surface area (TPSA) is 98.6 Å². The molecule has 1 fully saturated rings. The van der Waals surface area contributed by atoms with Crippen LogP contribution in [-0.4, -0.2) is 37.5 Å². The normalized spacial score (nSPS) is 16.1. The molecule has 1 saturated heterocycles. The van der Waals surface area contributed by atoms with Gasteiger partial charge in [0.15, 0.2) is 5.17 Å². The van der Waals surface area contributed by atoms with Gasteiger partial charge in [0, 0.05) is 6.08 Å².